The molecule has 7 N–H and O–H groups in total. The van der Waals surface area contributed by atoms with Crippen molar-refractivity contribution in [1.29, 1.82) is 0 Å². The molecule has 2 aliphatic carbocycles. The number of sulfone groups is 1. The molecule has 0 saturated heterocycles. The van der Waals surface area contributed by atoms with Crippen molar-refractivity contribution in [3.8, 4) is 5.75 Å². The van der Waals surface area contributed by atoms with Crippen LogP contribution < -0.4 is 25.4 Å². The van der Waals surface area contributed by atoms with Gasteiger partial charge in [0.15, 0.2) is 37.9 Å². The minimum Gasteiger partial charge on any atom is -0.480 e. The molecule has 0 bridgehead atoms. The van der Waals surface area contributed by atoms with Crippen LogP contribution in [0.5, 0.6) is 5.75 Å². The maximum atomic E-state index is 15.8. The molecule has 29 heteroatoms. The van der Waals surface area contributed by atoms with Gasteiger partial charge in [-0.15, -0.1) is 0 Å². The standard InChI is InChI=1S/C73H94F3N5O17S4/c1-72(2)56-27-10-12-29-59(56)80(40-14-16-47-100(88,89)90)61(72)37-33-51-21-18-22-52(34-38-62-73(3,4)57-28-11-13-30-60(57)81(62)41-15-17-48-101(91,92)93)68(51)98-55-35-31-50(32-36-55)49-58(71(84)85)79-63(83)39-43-97-45-44-96-42-19-25-54(82)26-20-46-99(86,87)70-65(75)64(74)69(102(77,94)95)66(76)67(70)78-53-23-8-6-5-7-9-24-53/h10-13,27-38,53,58,78H,5-9,14-26,39-49H2,1-4H3,(H5-,77,79,83,84,85,88,89,90,91,92,93,94,95)/p+1/t58-/m0/s1. The minimum absolute atomic E-state index is 0.0235. The number of hydrogen-bond acceptors (Lipinski definition) is 16. The number of primary sulfonamides is 1. The summed E-state index contributed by atoms with van der Waals surface area (Å²) in [6, 6.07) is 21.2. The van der Waals surface area contributed by atoms with Crippen molar-refractivity contribution in [2.75, 3.05) is 67.0 Å². The summed E-state index contributed by atoms with van der Waals surface area (Å²) in [6.45, 7) is 9.72. The number of aliphatic carboxylic acids is 1. The molecule has 4 aromatic rings. The molecule has 2 heterocycles. The van der Waals surface area contributed by atoms with Crippen molar-refractivity contribution in [3.05, 3.63) is 154 Å². The van der Waals surface area contributed by atoms with E-state index in [0.717, 1.165) is 70.7 Å². The van der Waals surface area contributed by atoms with E-state index in [0.29, 0.717) is 81.5 Å². The Labute approximate surface area is 597 Å². The number of ketones is 1. The maximum absolute atomic E-state index is 15.8. The van der Waals surface area contributed by atoms with Gasteiger partial charge in [0.1, 0.15) is 34.8 Å². The predicted molar refractivity (Wildman–Crippen MR) is 383 cm³/mol. The fourth-order valence-corrected chi connectivity index (χ4v) is 17.1. The molecule has 102 heavy (non-hydrogen) atoms. The smallest absolute Gasteiger partial charge is 0.326 e. The molecule has 1 saturated carbocycles. The van der Waals surface area contributed by atoms with Gasteiger partial charge in [-0.3, -0.25) is 18.7 Å². The molecule has 0 radical (unpaired) electrons. The monoisotopic (exact) mass is 1500 g/mol. The van der Waals surface area contributed by atoms with E-state index in [9.17, 15) is 62.3 Å². The van der Waals surface area contributed by atoms with Gasteiger partial charge in [0, 0.05) is 85.8 Å². The number of rotatable bonds is 37. The minimum atomic E-state index is -5.16. The second kappa shape index (κ2) is 35.6. The summed E-state index contributed by atoms with van der Waals surface area (Å²) in [5.74, 6) is -8.89. The van der Waals surface area contributed by atoms with E-state index in [1.54, 1.807) is 24.3 Å². The number of nitrogens with two attached hydrogens (primary N) is 1. The lowest BCUT2D eigenvalue weighted by atomic mass is 9.81. The highest BCUT2D eigenvalue weighted by molar-refractivity contribution is 7.91. The summed E-state index contributed by atoms with van der Waals surface area (Å²) in [5, 5.41) is 20.5. The zero-order valence-corrected chi connectivity index (χ0v) is 61.5. The molecule has 8 rings (SSSR count). The van der Waals surface area contributed by atoms with E-state index < -0.39 is 114 Å². The molecular weight excluding hydrogens is 1400 g/mol. The first-order chi connectivity index (χ1) is 48.2. The van der Waals surface area contributed by atoms with Gasteiger partial charge in [0.25, 0.3) is 20.2 Å². The average molecular weight is 1500 g/mol. The van der Waals surface area contributed by atoms with E-state index >= 15 is 13.2 Å². The van der Waals surface area contributed by atoms with E-state index in [2.05, 4.69) is 84.2 Å². The van der Waals surface area contributed by atoms with Gasteiger partial charge in [0.05, 0.1) is 48.2 Å². The van der Waals surface area contributed by atoms with Crippen LogP contribution in [0.2, 0.25) is 0 Å². The number of hydrogen-bond donors (Lipinski definition) is 6. The summed E-state index contributed by atoms with van der Waals surface area (Å²) in [4.78, 5) is 37.4. The van der Waals surface area contributed by atoms with Gasteiger partial charge in [-0.05, 0) is 131 Å². The number of carbonyl (C=O) groups is 3. The zero-order valence-electron chi connectivity index (χ0n) is 58.2. The highest BCUT2D eigenvalue weighted by Gasteiger charge is 2.45. The lowest BCUT2D eigenvalue weighted by Crippen LogP contribution is -2.42. The number of ether oxygens (including phenoxy) is 3. The number of unbranched alkanes of at least 4 members (excludes halogenated alkanes) is 2. The number of para-hydroxylation sites is 2. The average Bonchev–Trinajstić information content (AvgIpc) is 1.27. The number of amides is 1. The molecule has 0 unspecified atom stereocenters. The number of allylic oxidation sites excluding steroid dienone is 7. The summed E-state index contributed by atoms with van der Waals surface area (Å²) in [6.07, 6.45) is 16.2. The first kappa shape index (κ1) is 80.6. The Kier molecular flexibility index (Phi) is 28.1. The topological polar surface area (TPSA) is 332 Å². The zero-order chi connectivity index (χ0) is 74.2. The SMILES string of the molecule is CC1(C)C(/C=C/C2=C(Oc3ccc(C[C@H](NC(=O)CCOCCOCCCC(=O)CCCS(=O)(=O)c4c(F)c(F)c(S(N)(=O)=O)c(F)c4NC4CCCCCCC4)C(=O)O)cc3)C(=C/C=C3/N(CCCCS(=O)(=O)O)c4ccccc4C3(C)C)/CCC2)=[N+](CCCCS(=O)(=O)O)c2ccccc21. The number of anilines is 2. The van der Waals surface area contributed by atoms with E-state index in [1.165, 1.54) is 0 Å². The number of benzene rings is 4. The lowest BCUT2D eigenvalue weighted by Gasteiger charge is -2.27. The van der Waals surface area contributed by atoms with Crippen molar-refractivity contribution in [2.24, 2.45) is 5.14 Å². The van der Waals surface area contributed by atoms with Crippen molar-refractivity contribution < 1.29 is 94.2 Å². The Bertz CT molecular complexity index is 4340. The van der Waals surface area contributed by atoms with Crippen LogP contribution in [0.25, 0.3) is 0 Å². The summed E-state index contributed by atoms with van der Waals surface area (Å²) in [5.41, 5.74) is 6.64. The number of nitrogens with one attached hydrogen (secondary N) is 2. The first-order valence-electron chi connectivity index (χ1n) is 34.7. The Morgan fingerprint density at radius 3 is 1.95 bits per heavy atom. The van der Waals surface area contributed by atoms with E-state index in [1.807, 2.05) is 36.4 Å². The van der Waals surface area contributed by atoms with Crippen LogP contribution in [0.15, 0.2) is 129 Å². The molecular formula is C73H95F3N5O17S4+. The van der Waals surface area contributed by atoms with Crippen LogP contribution in [0.1, 0.15) is 166 Å². The van der Waals surface area contributed by atoms with Crippen LogP contribution in [-0.2, 0) is 81.2 Å². The number of nitrogens with zero attached hydrogens (tertiary/aromatic N) is 2. The molecule has 0 aromatic heterocycles. The van der Waals surface area contributed by atoms with Crippen molar-refractivity contribution in [3.63, 3.8) is 0 Å². The largest absolute Gasteiger partial charge is 0.480 e. The van der Waals surface area contributed by atoms with Gasteiger partial charge in [-0.25, -0.2) is 39.9 Å². The Morgan fingerprint density at radius 2 is 1.28 bits per heavy atom. The molecule has 4 aromatic carbocycles. The number of carboxylic acid groups (broad SMARTS) is 1. The number of carbonyl (C=O) groups excluding carboxylic acids is 2. The molecule has 1 atom stereocenters. The van der Waals surface area contributed by atoms with Crippen LogP contribution in [0, 0.1) is 17.5 Å². The van der Waals surface area contributed by atoms with Crippen LogP contribution in [0.3, 0.4) is 0 Å². The number of Topliss-reactive ketones (excluding diaryl/α,β-unsaturated/α-hetero) is 1. The van der Waals surface area contributed by atoms with Gasteiger partial charge in [-0.1, -0.05) is 101 Å². The van der Waals surface area contributed by atoms with Crippen LogP contribution in [-0.4, -0.2) is 145 Å². The van der Waals surface area contributed by atoms with Gasteiger partial charge in [-0.2, -0.15) is 21.4 Å². The number of halogens is 3. The molecule has 22 nitrogen and oxygen atoms in total. The third-order valence-electron chi connectivity index (χ3n) is 19.0. The van der Waals surface area contributed by atoms with Crippen LogP contribution in [0.4, 0.5) is 30.2 Å². The Hall–Kier alpha value is -7.09. The summed E-state index contributed by atoms with van der Waals surface area (Å²) < 4.78 is 184. The second-order valence-electron chi connectivity index (χ2n) is 27.4. The van der Waals surface area contributed by atoms with Gasteiger partial charge < -0.3 is 34.9 Å². The van der Waals surface area contributed by atoms with Crippen molar-refractivity contribution >= 4 is 80.5 Å². The second-order valence-corrected chi connectivity index (χ2v) is 34.1. The van der Waals surface area contributed by atoms with Gasteiger partial charge in [0.2, 0.25) is 21.6 Å². The molecule has 2 aliphatic heterocycles. The molecule has 0 spiro atoms. The highest BCUT2D eigenvalue weighted by atomic mass is 32.2. The van der Waals surface area contributed by atoms with Gasteiger partial charge >= 0.3 is 5.97 Å². The maximum Gasteiger partial charge on any atom is 0.326 e. The van der Waals surface area contributed by atoms with Crippen LogP contribution >= 0.6 is 0 Å². The molecule has 558 valence electrons. The normalized spacial score (nSPS) is 17.8. The van der Waals surface area contributed by atoms with E-state index in [-0.39, 0.29) is 95.1 Å². The summed E-state index contributed by atoms with van der Waals surface area (Å²) >= 11 is 0. The lowest BCUT2D eigenvalue weighted by molar-refractivity contribution is -0.438. The fraction of sp³-hybridized carbons (Fsp3) is 0.507. The quantitative estimate of drug-likeness (QED) is 0.0106. The fourth-order valence-electron chi connectivity index (χ4n) is 13.7. The van der Waals surface area contributed by atoms with Crippen molar-refractivity contribution in [2.45, 2.75) is 189 Å². The predicted octanol–water partition coefficient (Wildman–Crippen LogP) is 11.8. The highest BCUT2D eigenvalue weighted by Crippen LogP contribution is 2.48. The first-order valence-corrected chi connectivity index (χ1v) is 41.1. The third-order valence-corrected chi connectivity index (χ3v) is 23.4. The Morgan fingerprint density at radius 1 is 0.667 bits per heavy atom. The number of fused-ring (bicyclic) bond motifs is 2. The summed E-state index contributed by atoms with van der Waals surface area (Å²) in [7, 11) is -18.3. The molecule has 1 amide bonds. The number of carboxylic acids is 1. The molecule has 4 aliphatic rings. The Balaban J connectivity index is 0.865. The number of sulfonamides is 1. The molecule has 1 fully saturated rings. The third kappa shape index (κ3) is 21.8. The van der Waals surface area contributed by atoms with Crippen molar-refractivity contribution in [1.82, 2.24) is 5.32 Å². The van der Waals surface area contributed by atoms with E-state index in [4.69, 9.17) is 19.3 Å².